The molecule has 0 saturated heterocycles. The highest BCUT2D eigenvalue weighted by Crippen LogP contribution is 2.69. The molecule has 0 spiro atoms. The van der Waals surface area contributed by atoms with Crippen molar-refractivity contribution < 1.29 is 19.4 Å². The van der Waals surface area contributed by atoms with Gasteiger partial charge in [0.15, 0.2) is 0 Å². The van der Waals surface area contributed by atoms with Crippen LogP contribution < -0.4 is 0 Å². The third-order valence-electron chi connectivity index (χ3n) is 6.51. The van der Waals surface area contributed by atoms with E-state index in [-0.39, 0.29) is 27.9 Å². The van der Waals surface area contributed by atoms with Crippen LogP contribution in [0.25, 0.3) is 0 Å². The first-order valence-electron chi connectivity index (χ1n) is 8.03. The average molecular weight is 318 g/mol. The van der Waals surface area contributed by atoms with Crippen molar-refractivity contribution in [3.05, 3.63) is 36.1 Å². The van der Waals surface area contributed by atoms with Gasteiger partial charge in [0.05, 0.1) is 11.1 Å². The van der Waals surface area contributed by atoms with Gasteiger partial charge in [0.1, 0.15) is 5.76 Å². The van der Waals surface area contributed by atoms with Crippen LogP contribution in [0.4, 0.5) is 0 Å². The Hall–Kier alpha value is -1.84. The summed E-state index contributed by atoms with van der Waals surface area (Å²) in [6.45, 7) is 15.3. The van der Waals surface area contributed by atoms with E-state index in [9.17, 15) is 14.7 Å². The second-order valence-electron chi connectivity index (χ2n) is 7.58. The first-order valence-corrected chi connectivity index (χ1v) is 8.03. The largest absolute Gasteiger partial charge is 0.478 e. The van der Waals surface area contributed by atoms with E-state index in [0.717, 1.165) is 19.3 Å². The molecule has 0 radical (unpaired) electrons. The summed E-state index contributed by atoms with van der Waals surface area (Å²) >= 11 is 0. The van der Waals surface area contributed by atoms with E-state index >= 15 is 0 Å². The molecule has 4 heteroatoms. The van der Waals surface area contributed by atoms with Crippen molar-refractivity contribution in [2.75, 3.05) is 0 Å². The fraction of sp³-hybridized carbons (Fsp3) is 0.579. The lowest BCUT2D eigenvalue weighted by atomic mass is 9.66. The molecule has 23 heavy (non-hydrogen) atoms. The van der Waals surface area contributed by atoms with Crippen LogP contribution >= 0.6 is 0 Å². The summed E-state index contributed by atoms with van der Waals surface area (Å²) in [5.74, 6) is -0.923. The number of hydrogen-bond donors (Lipinski definition) is 1. The molecule has 2 aliphatic carbocycles. The van der Waals surface area contributed by atoms with Crippen LogP contribution in [0.5, 0.6) is 0 Å². The molecule has 2 bridgehead atoms. The van der Waals surface area contributed by atoms with E-state index in [4.69, 9.17) is 4.74 Å². The number of carbonyl (C=O) groups excluding carboxylic acids is 1. The summed E-state index contributed by atoms with van der Waals surface area (Å²) in [7, 11) is 0. The molecule has 0 heterocycles. The Balaban J connectivity index is 2.43. The molecule has 0 aromatic carbocycles. The zero-order valence-corrected chi connectivity index (χ0v) is 14.4. The minimum atomic E-state index is -1.05. The maximum atomic E-state index is 12.1. The molecule has 2 fully saturated rings. The highest BCUT2D eigenvalue weighted by Gasteiger charge is 2.63. The highest BCUT2D eigenvalue weighted by molar-refractivity contribution is 5.93. The van der Waals surface area contributed by atoms with Crippen LogP contribution in [0.15, 0.2) is 36.1 Å². The average Bonchev–Trinajstić information content (AvgIpc) is 2.83. The van der Waals surface area contributed by atoms with Crippen molar-refractivity contribution in [3.8, 4) is 0 Å². The highest BCUT2D eigenvalue weighted by atomic mass is 16.5. The molecular weight excluding hydrogens is 292 g/mol. The van der Waals surface area contributed by atoms with Gasteiger partial charge < -0.3 is 9.84 Å². The van der Waals surface area contributed by atoms with Crippen molar-refractivity contribution in [3.63, 3.8) is 0 Å². The van der Waals surface area contributed by atoms with E-state index in [1.165, 1.54) is 13.0 Å². The van der Waals surface area contributed by atoms with Gasteiger partial charge >= 0.3 is 11.9 Å². The number of fused-ring (bicyclic) bond motifs is 2. The van der Waals surface area contributed by atoms with Crippen molar-refractivity contribution in [1.82, 2.24) is 0 Å². The Morgan fingerprint density at radius 3 is 2.30 bits per heavy atom. The summed E-state index contributed by atoms with van der Waals surface area (Å²) < 4.78 is 5.51. The molecule has 0 amide bonds. The minimum absolute atomic E-state index is 0.0612. The number of carbonyl (C=O) groups is 2. The number of ether oxygens (including phenoxy) is 1. The number of carboxylic acid groups (broad SMARTS) is 1. The lowest BCUT2D eigenvalue weighted by Gasteiger charge is -2.40. The summed E-state index contributed by atoms with van der Waals surface area (Å²) in [6.07, 6.45) is 4.35. The van der Waals surface area contributed by atoms with Crippen LogP contribution in [0.3, 0.4) is 0 Å². The van der Waals surface area contributed by atoms with Crippen LogP contribution in [0, 0.1) is 22.7 Å². The maximum absolute atomic E-state index is 12.1. The normalized spacial score (nSPS) is 32.2. The third kappa shape index (κ3) is 2.54. The fourth-order valence-corrected chi connectivity index (χ4v) is 4.36. The van der Waals surface area contributed by atoms with Gasteiger partial charge in [-0.05, 0) is 42.9 Å². The van der Waals surface area contributed by atoms with Crippen molar-refractivity contribution in [1.29, 1.82) is 0 Å². The van der Waals surface area contributed by atoms with Gasteiger partial charge in [-0.2, -0.15) is 0 Å². The lowest BCUT2D eigenvalue weighted by Crippen LogP contribution is -2.34. The quantitative estimate of drug-likeness (QED) is 0.359. The minimum Gasteiger partial charge on any atom is -0.478 e. The van der Waals surface area contributed by atoms with E-state index in [0.29, 0.717) is 11.7 Å². The Labute approximate surface area is 137 Å². The van der Waals surface area contributed by atoms with Crippen molar-refractivity contribution in [2.45, 2.75) is 47.0 Å². The standard InChI is InChI=1S/C19H26O4/c1-7-11(2)17(22)23-15(12(3)16(20)21)14-10-13-8-9-19(14,6)18(13,4)5/h7,13-14H,1-2,8-10H2,3-6H3,(H,20,21)/t13-,14?,19-/m1/s1. The number of carboxylic acids is 1. The Bertz CT molecular complexity index is 611. The van der Waals surface area contributed by atoms with Crippen molar-refractivity contribution in [2.24, 2.45) is 22.7 Å². The van der Waals surface area contributed by atoms with Crippen LogP contribution in [0.1, 0.15) is 47.0 Å². The molecule has 0 aliphatic heterocycles. The van der Waals surface area contributed by atoms with E-state index in [2.05, 4.69) is 33.9 Å². The molecule has 1 N–H and O–H groups in total. The van der Waals surface area contributed by atoms with Crippen LogP contribution in [-0.4, -0.2) is 17.0 Å². The molecule has 126 valence electrons. The summed E-state index contributed by atoms with van der Waals surface area (Å²) in [4.78, 5) is 23.6. The van der Waals surface area contributed by atoms with E-state index in [1.807, 2.05) is 0 Å². The number of rotatable bonds is 5. The SMILES string of the molecule is C=CC(=C)C(=O)OC(=C(C)C(=O)O)C1C[C@H]2CC[C@@]1(C)C2(C)C. The predicted octanol–water partition coefficient (Wildman–Crippen LogP) is 4.09. The molecule has 2 saturated carbocycles. The van der Waals surface area contributed by atoms with Crippen molar-refractivity contribution >= 4 is 11.9 Å². The zero-order valence-electron chi connectivity index (χ0n) is 14.4. The number of esters is 1. The van der Waals surface area contributed by atoms with Gasteiger partial charge in [0.2, 0.25) is 0 Å². The number of aliphatic carboxylic acids is 1. The molecule has 3 atom stereocenters. The monoisotopic (exact) mass is 318 g/mol. The van der Waals surface area contributed by atoms with Gasteiger partial charge in [-0.15, -0.1) is 0 Å². The van der Waals surface area contributed by atoms with E-state index < -0.39 is 11.9 Å². The number of allylic oxidation sites excluding steroid dienone is 1. The molecular formula is C19H26O4. The second-order valence-corrected chi connectivity index (χ2v) is 7.58. The summed E-state index contributed by atoms with van der Waals surface area (Å²) in [5, 5.41) is 9.41. The van der Waals surface area contributed by atoms with E-state index in [1.54, 1.807) is 0 Å². The lowest BCUT2D eigenvalue weighted by molar-refractivity contribution is -0.137. The number of hydrogen-bond acceptors (Lipinski definition) is 3. The summed E-state index contributed by atoms with van der Waals surface area (Å²) in [5.41, 5.74) is 0.265. The molecule has 1 unspecified atom stereocenters. The van der Waals surface area contributed by atoms with Gasteiger partial charge in [-0.1, -0.05) is 40.0 Å². The van der Waals surface area contributed by atoms with Gasteiger partial charge in [-0.25, -0.2) is 9.59 Å². The first kappa shape index (κ1) is 17.5. The Kier molecular flexibility index (Phi) is 4.31. The van der Waals surface area contributed by atoms with Gasteiger partial charge in [-0.3, -0.25) is 0 Å². The molecule has 0 aromatic rings. The predicted molar refractivity (Wildman–Crippen MR) is 88.5 cm³/mol. The van der Waals surface area contributed by atoms with Crippen LogP contribution in [-0.2, 0) is 14.3 Å². The van der Waals surface area contributed by atoms with Gasteiger partial charge in [0, 0.05) is 5.92 Å². The Morgan fingerprint density at radius 2 is 1.91 bits per heavy atom. The molecule has 2 aliphatic rings. The Morgan fingerprint density at radius 1 is 1.30 bits per heavy atom. The molecule has 4 nitrogen and oxygen atoms in total. The topological polar surface area (TPSA) is 63.6 Å². The molecule has 0 aromatic heterocycles. The third-order valence-corrected chi connectivity index (χ3v) is 6.51. The fourth-order valence-electron chi connectivity index (χ4n) is 4.36. The first-order chi connectivity index (χ1) is 10.6. The smallest absolute Gasteiger partial charge is 0.342 e. The zero-order chi connectivity index (χ0) is 17.6. The molecule has 2 rings (SSSR count). The summed E-state index contributed by atoms with van der Waals surface area (Å²) in [6, 6.07) is 0. The van der Waals surface area contributed by atoms with Gasteiger partial charge in [0.25, 0.3) is 0 Å². The van der Waals surface area contributed by atoms with Crippen LogP contribution in [0.2, 0.25) is 0 Å². The second kappa shape index (κ2) is 5.66. The maximum Gasteiger partial charge on any atom is 0.342 e.